The molecular weight excluding hydrogens is 600 g/mol. The van der Waals surface area contributed by atoms with Gasteiger partial charge in [0.1, 0.15) is 5.75 Å². The number of nitrogens with zero attached hydrogens (tertiary/aromatic N) is 2. The number of rotatable bonds is 10. The Kier molecular flexibility index (Phi) is 10.9. The van der Waals surface area contributed by atoms with Gasteiger partial charge in [0.15, 0.2) is 9.84 Å². The van der Waals surface area contributed by atoms with Gasteiger partial charge in [0, 0.05) is 31.6 Å². The predicted molar refractivity (Wildman–Crippen MR) is 174 cm³/mol. The number of carbonyl (C=O) groups is 2. The molecule has 5 rings (SSSR count). The summed E-state index contributed by atoms with van der Waals surface area (Å²) in [5, 5.41) is 6.06. The van der Waals surface area contributed by atoms with Crippen molar-refractivity contribution in [2.24, 2.45) is 5.41 Å². The number of likely N-dealkylation sites (tertiary alicyclic amines) is 2. The summed E-state index contributed by atoms with van der Waals surface area (Å²) in [7, 11) is -1.64. The summed E-state index contributed by atoms with van der Waals surface area (Å²) < 4.78 is 28.7. The molecule has 44 heavy (non-hydrogen) atoms. The first-order valence-electron chi connectivity index (χ1n) is 14.7. The minimum atomic E-state index is -3.25. The molecule has 11 heteroatoms. The Labute approximate surface area is 266 Å². The van der Waals surface area contributed by atoms with Crippen LogP contribution in [0.2, 0.25) is 0 Å². The minimum absolute atomic E-state index is 0. The lowest BCUT2D eigenvalue weighted by atomic mass is 9.77. The third kappa shape index (κ3) is 8.11. The van der Waals surface area contributed by atoms with Crippen LogP contribution in [0.3, 0.4) is 0 Å². The second-order valence-electron chi connectivity index (χ2n) is 11.6. The molecule has 0 saturated carbocycles. The fourth-order valence-corrected chi connectivity index (χ4v) is 6.72. The van der Waals surface area contributed by atoms with E-state index in [4.69, 9.17) is 4.74 Å². The molecule has 2 aliphatic rings. The Morgan fingerprint density at radius 3 is 2.18 bits per heavy atom. The van der Waals surface area contributed by atoms with Crippen molar-refractivity contribution in [1.29, 1.82) is 0 Å². The Morgan fingerprint density at radius 1 is 0.932 bits per heavy atom. The van der Waals surface area contributed by atoms with Gasteiger partial charge in [-0.2, -0.15) is 0 Å². The predicted octanol–water partition coefficient (Wildman–Crippen LogP) is 5.29. The molecule has 1 unspecified atom stereocenters. The summed E-state index contributed by atoms with van der Waals surface area (Å²) in [6, 6.07) is 23.6. The van der Waals surface area contributed by atoms with Crippen molar-refractivity contribution in [3.63, 3.8) is 0 Å². The first kappa shape index (κ1) is 33.3. The van der Waals surface area contributed by atoms with E-state index < -0.39 is 9.84 Å². The molecule has 2 saturated heterocycles. The van der Waals surface area contributed by atoms with Crippen LogP contribution in [-0.4, -0.2) is 69.7 Å². The standard InChI is InChI=1S/C33H40N4O5S.ClH/c1-42-28-12-10-27(11-13-28)34-32(39)35-30(26-6-4-3-5-7-26)16-20-36-21-17-33(18-22-36)19-23-37(31(33)38)24-25-8-14-29(15-9-25)43(2,40)41;/h3-15,30H,16-24H2,1-2H3,(H2,34,35,39);1H. The molecule has 2 N–H and O–H groups in total. The highest BCUT2D eigenvalue weighted by Gasteiger charge is 2.47. The number of piperidine rings is 1. The largest absolute Gasteiger partial charge is 0.497 e. The van der Waals surface area contributed by atoms with Crippen molar-refractivity contribution >= 4 is 39.9 Å². The molecule has 2 aliphatic heterocycles. The van der Waals surface area contributed by atoms with Crippen LogP contribution in [-0.2, 0) is 21.2 Å². The van der Waals surface area contributed by atoms with Crippen LogP contribution in [0.1, 0.15) is 42.9 Å². The van der Waals surface area contributed by atoms with Gasteiger partial charge in [-0.15, -0.1) is 12.4 Å². The summed E-state index contributed by atoms with van der Waals surface area (Å²) in [6.07, 6.45) is 4.42. The molecule has 2 fully saturated rings. The van der Waals surface area contributed by atoms with Gasteiger partial charge >= 0.3 is 6.03 Å². The Hall–Kier alpha value is -3.60. The van der Waals surface area contributed by atoms with Crippen molar-refractivity contribution in [2.75, 3.05) is 44.9 Å². The quantitative estimate of drug-likeness (QED) is 0.312. The Balaban J connectivity index is 0.00000442. The van der Waals surface area contributed by atoms with Gasteiger partial charge in [0.2, 0.25) is 5.91 Å². The maximum atomic E-state index is 13.5. The summed E-state index contributed by atoms with van der Waals surface area (Å²) in [5.41, 5.74) is 2.35. The number of carbonyl (C=O) groups excluding carboxylic acids is 2. The Bertz CT molecular complexity index is 1510. The average molecular weight is 641 g/mol. The smallest absolute Gasteiger partial charge is 0.319 e. The molecule has 1 atom stereocenters. The summed E-state index contributed by atoms with van der Waals surface area (Å²) >= 11 is 0. The fraction of sp³-hybridized carbons (Fsp3) is 0.394. The SMILES string of the molecule is COc1ccc(NC(=O)NC(CCN2CCC3(CC2)CCN(Cc2ccc(S(C)(=O)=O)cc2)C3=O)c2ccccc2)cc1.Cl. The molecule has 0 aromatic heterocycles. The summed E-state index contributed by atoms with van der Waals surface area (Å²) in [4.78, 5) is 31.0. The van der Waals surface area contributed by atoms with Gasteiger partial charge in [-0.1, -0.05) is 42.5 Å². The third-order valence-electron chi connectivity index (χ3n) is 8.73. The van der Waals surface area contributed by atoms with Crippen LogP contribution >= 0.6 is 12.4 Å². The van der Waals surface area contributed by atoms with Gasteiger partial charge in [-0.3, -0.25) is 4.79 Å². The molecule has 3 aromatic carbocycles. The number of ether oxygens (including phenoxy) is 1. The number of benzene rings is 3. The van der Waals surface area contributed by atoms with E-state index in [1.54, 1.807) is 55.6 Å². The number of hydrogen-bond donors (Lipinski definition) is 2. The number of anilines is 1. The van der Waals surface area contributed by atoms with E-state index in [1.807, 2.05) is 35.2 Å². The lowest BCUT2D eigenvalue weighted by Gasteiger charge is -2.38. The van der Waals surface area contributed by atoms with Crippen LogP contribution in [0, 0.1) is 5.41 Å². The minimum Gasteiger partial charge on any atom is -0.497 e. The zero-order valence-corrected chi connectivity index (χ0v) is 26.8. The molecule has 9 nitrogen and oxygen atoms in total. The van der Waals surface area contributed by atoms with Gasteiger partial charge in [-0.05, 0) is 86.3 Å². The van der Waals surface area contributed by atoms with E-state index in [0.717, 1.165) is 68.7 Å². The van der Waals surface area contributed by atoms with E-state index in [-0.39, 0.29) is 40.7 Å². The fourth-order valence-electron chi connectivity index (χ4n) is 6.09. The van der Waals surface area contributed by atoms with Gasteiger partial charge in [0.25, 0.3) is 0 Å². The second kappa shape index (κ2) is 14.5. The molecule has 0 bridgehead atoms. The highest BCUT2D eigenvalue weighted by molar-refractivity contribution is 7.90. The van der Waals surface area contributed by atoms with Crippen LogP contribution in [0.15, 0.2) is 83.8 Å². The lowest BCUT2D eigenvalue weighted by Crippen LogP contribution is -2.45. The Morgan fingerprint density at radius 2 is 1.57 bits per heavy atom. The molecule has 1 spiro atoms. The maximum Gasteiger partial charge on any atom is 0.319 e. The second-order valence-corrected chi connectivity index (χ2v) is 13.6. The number of urea groups is 1. The van der Waals surface area contributed by atoms with Crippen LogP contribution < -0.4 is 15.4 Å². The van der Waals surface area contributed by atoms with Crippen molar-refractivity contribution < 1.29 is 22.7 Å². The average Bonchev–Trinajstić information content (AvgIpc) is 3.30. The molecule has 0 radical (unpaired) electrons. The number of amides is 3. The molecular formula is C33H41ClN4O5S. The molecule has 0 aliphatic carbocycles. The van der Waals surface area contributed by atoms with Crippen LogP contribution in [0.4, 0.5) is 10.5 Å². The van der Waals surface area contributed by atoms with E-state index >= 15 is 0 Å². The van der Waals surface area contributed by atoms with Crippen molar-refractivity contribution in [3.8, 4) is 5.75 Å². The molecule has 3 amide bonds. The van der Waals surface area contributed by atoms with Crippen molar-refractivity contribution in [1.82, 2.24) is 15.1 Å². The van der Waals surface area contributed by atoms with E-state index in [9.17, 15) is 18.0 Å². The monoisotopic (exact) mass is 640 g/mol. The number of halogens is 1. The molecule has 3 aromatic rings. The van der Waals surface area contributed by atoms with Gasteiger partial charge < -0.3 is 25.2 Å². The lowest BCUT2D eigenvalue weighted by molar-refractivity contribution is -0.138. The van der Waals surface area contributed by atoms with E-state index in [2.05, 4.69) is 15.5 Å². The first-order valence-corrected chi connectivity index (χ1v) is 16.6. The van der Waals surface area contributed by atoms with Crippen molar-refractivity contribution in [3.05, 3.63) is 90.0 Å². The zero-order chi connectivity index (χ0) is 30.5. The van der Waals surface area contributed by atoms with Crippen LogP contribution in [0.25, 0.3) is 0 Å². The van der Waals surface area contributed by atoms with Crippen LogP contribution in [0.5, 0.6) is 5.75 Å². The number of sulfone groups is 1. The zero-order valence-electron chi connectivity index (χ0n) is 25.2. The number of methoxy groups -OCH3 is 1. The number of hydrogen-bond acceptors (Lipinski definition) is 6. The highest BCUT2D eigenvalue weighted by atomic mass is 35.5. The molecule has 236 valence electrons. The molecule has 2 heterocycles. The number of nitrogens with one attached hydrogen (secondary N) is 2. The van der Waals surface area contributed by atoms with Crippen molar-refractivity contribution in [2.45, 2.75) is 43.2 Å². The first-order chi connectivity index (χ1) is 20.6. The van der Waals surface area contributed by atoms with E-state index in [1.165, 1.54) is 6.26 Å². The summed E-state index contributed by atoms with van der Waals surface area (Å²) in [6.45, 7) is 3.70. The van der Waals surface area contributed by atoms with Gasteiger partial charge in [-0.25, -0.2) is 13.2 Å². The maximum absolute atomic E-state index is 13.5. The van der Waals surface area contributed by atoms with E-state index in [0.29, 0.717) is 12.2 Å². The third-order valence-corrected chi connectivity index (χ3v) is 9.86. The topological polar surface area (TPSA) is 108 Å². The normalized spacial score (nSPS) is 17.1. The van der Waals surface area contributed by atoms with Gasteiger partial charge in [0.05, 0.1) is 23.5 Å². The summed E-state index contributed by atoms with van der Waals surface area (Å²) in [5.74, 6) is 0.933. The highest BCUT2D eigenvalue weighted by Crippen LogP contribution is 2.42.